The number of likely N-dealkylation sites (tertiary alicyclic amines) is 1. The number of benzene rings is 2. The van der Waals surface area contributed by atoms with E-state index in [9.17, 15) is 13.6 Å². The number of hydrogen-bond acceptors (Lipinski definition) is 2. The van der Waals surface area contributed by atoms with Gasteiger partial charge >= 0.3 is 0 Å². The number of aromatic amines is 1. The van der Waals surface area contributed by atoms with Gasteiger partial charge in [0.15, 0.2) is 0 Å². The maximum Gasteiger partial charge on any atom is 0.226 e. The van der Waals surface area contributed by atoms with Crippen LogP contribution in [0.5, 0.6) is 0 Å². The van der Waals surface area contributed by atoms with E-state index in [1.165, 1.54) is 18.2 Å². The first-order valence-electron chi connectivity index (χ1n) is 10.8. The van der Waals surface area contributed by atoms with Crippen molar-refractivity contribution >= 4 is 16.8 Å². The number of ether oxygens (including phenoxy) is 1. The third kappa shape index (κ3) is 3.43. The molecule has 0 bridgehead atoms. The smallest absolute Gasteiger partial charge is 0.226 e. The van der Waals surface area contributed by atoms with E-state index in [-0.39, 0.29) is 35.4 Å². The van der Waals surface area contributed by atoms with E-state index < -0.39 is 0 Å². The molecule has 1 N–H and O–H groups in total. The zero-order chi connectivity index (χ0) is 21.7. The molecule has 1 saturated heterocycles. The van der Waals surface area contributed by atoms with Crippen LogP contribution in [0, 0.1) is 24.5 Å². The Morgan fingerprint density at radius 1 is 1.16 bits per heavy atom. The monoisotopic (exact) mass is 424 g/mol. The molecule has 2 aliphatic rings. The second-order valence-corrected chi connectivity index (χ2v) is 8.86. The van der Waals surface area contributed by atoms with Crippen molar-refractivity contribution < 1.29 is 18.3 Å². The normalized spacial score (nSPS) is 23.0. The number of hydrogen-bond donors (Lipinski definition) is 1. The van der Waals surface area contributed by atoms with Gasteiger partial charge in [-0.2, -0.15) is 0 Å². The highest BCUT2D eigenvalue weighted by Crippen LogP contribution is 2.49. The van der Waals surface area contributed by atoms with E-state index in [2.05, 4.69) is 4.98 Å². The van der Waals surface area contributed by atoms with E-state index in [0.717, 1.165) is 59.1 Å². The van der Waals surface area contributed by atoms with Crippen LogP contribution in [0.1, 0.15) is 36.3 Å². The molecule has 2 heterocycles. The molecule has 1 aliphatic heterocycles. The maximum atomic E-state index is 14.3. The summed E-state index contributed by atoms with van der Waals surface area (Å²) in [6.45, 7) is 3.26. The maximum absolute atomic E-state index is 14.3. The molecule has 1 atom stereocenters. The number of H-pyrrole nitrogens is 1. The Labute approximate surface area is 180 Å². The topological polar surface area (TPSA) is 45.3 Å². The lowest BCUT2D eigenvalue weighted by molar-refractivity contribution is -0.148. The number of rotatable bonds is 5. The number of methoxy groups -OCH3 is 1. The predicted molar refractivity (Wildman–Crippen MR) is 116 cm³/mol. The number of nitrogens with one attached hydrogen (secondary N) is 1. The minimum atomic E-state index is -0.293. The van der Waals surface area contributed by atoms with Crippen molar-refractivity contribution in [2.24, 2.45) is 5.92 Å². The molecule has 2 fully saturated rings. The minimum Gasteiger partial charge on any atom is -0.383 e. The zero-order valence-electron chi connectivity index (χ0n) is 17.8. The van der Waals surface area contributed by atoms with E-state index in [4.69, 9.17) is 4.74 Å². The van der Waals surface area contributed by atoms with Crippen molar-refractivity contribution in [2.75, 3.05) is 20.3 Å². The Balaban J connectivity index is 1.46. The highest BCUT2D eigenvalue weighted by molar-refractivity contribution is 5.94. The predicted octanol–water partition coefficient (Wildman–Crippen LogP) is 5.16. The zero-order valence-corrected chi connectivity index (χ0v) is 17.8. The molecular formula is C25H26F2N2O2. The molecule has 1 amide bonds. The molecule has 6 heteroatoms. The second kappa shape index (κ2) is 7.75. The van der Waals surface area contributed by atoms with Gasteiger partial charge in [-0.1, -0.05) is 0 Å². The Morgan fingerprint density at radius 2 is 1.90 bits per heavy atom. The minimum absolute atomic E-state index is 0.00895. The van der Waals surface area contributed by atoms with Gasteiger partial charge in [0.25, 0.3) is 0 Å². The van der Waals surface area contributed by atoms with E-state index >= 15 is 0 Å². The molecule has 3 aromatic rings. The number of amides is 1. The number of fused-ring (bicyclic) bond motifs is 1. The van der Waals surface area contributed by atoms with Crippen molar-refractivity contribution in [1.29, 1.82) is 0 Å². The summed E-state index contributed by atoms with van der Waals surface area (Å²) in [7, 11) is 1.66. The summed E-state index contributed by atoms with van der Waals surface area (Å²) >= 11 is 0. The average molecular weight is 424 g/mol. The first-order valence-corrected chi connectivity index (χ1v) is 10.8. The van der Waals surface area contributed by atoms with Crippen molar-refractivity contribution in [2.45, 2.75) is 38.1 Å². The van der Waals surface area contributed by atoms with Crippen LogP contribution in [0.25, 0.3) is 22.2 Å². The van der Waals surface area contributed by atoms with Crippen LogP contribution >= 0.6 is 0 Å². The summed E-state index contributed by atoms with van der Waals surface area (Å²) in [6.07, 6.45) is 2.48. The highest BCUT2D eigenvalue weighted by atomic mass is 19.1. The van der Waals surface area contributed by atoms with Gasteiger partial charge in [-0.05, 0) is 85.2 Å². The van der Waals surface area contributed by atoms with Crippen LogP contribution in [0.15, 0.2) is 36.4 Å². The van der Waals surface area contributed by atoms with Gasteiger partial charge < -0.3 is 14.6 Å². The fourth-order valence-electron chi connectivity index (χ4n) is 5.10. The third-order valence-corrected chi connectivity index (χ3v) is 6.92. The average Bonchev–Trinajstić information content (AvgIpc) is 3.04. The Kier molecular flexibility index (Phi) is 5.05. The lowest BCUT2D eigenvalue weighted by Crippen LogP contribution is -2.56. The molecule has 0 spiro atoms. The Hall–Kier alpha value is -2.73. The van der Waals surface area contributed by atoms with Gasteiger partial charge in [-0.25, -0.2) is 8.78 Å². The van der Waals surface area contributed by atoms with Crippen LogP contribution in [0.4, 0.5) is 8.78 Å². The summed E-state index contributed by atoms with van der Waals surface area (Å²) < 4.78 is 33.0. The molecular weight excluding hydrogens is 398 g/mol. The largest absolute Gasteiger partial charge is 0.383 e. The van der Waals surface area contributed by atoms with Gasteiger partial charge in [-0.3, -0.25) is 4.79 Å². The Morgan fingerprint density at radius 3 is 2.55 bits per heavy atom. The molecule has 1 aliphatic carbocycles. The van der Waals surface area contributed by atoms with Crippen LogP contribution in [-0.2, 0) is 9.53 Å². The van der Waals surface area contributed by atoms with Crippen molar-refractivity contribution in [3.8, 4) is 11.3 Å². The summed E-state index contributed by atoms with van der Waals surface area (Å²) in [4.78, 5) is 18.3. The molecule has 4 nitrogen and oxygen atoms in total. The van der Waals surface area contributed by atoms with Crippen molar-refractivity contribution in [1.82, 2.24) is 9.88 Å². The van der Waals surface area contributed by atoms with Gasteiger partial charge in [0, 0.05) is 36.2 Å². The van der Waals surface area contributed by atoms with Gasteiger partial charge in [0.05, 0.1) is 12.6 Å². The SMILES string of the molecule is COC[C@@H]1CCN1C(=O)C1CC(c2c(-c3ccc(F)cc3)[nH]c3c(C)cc(F)cc23)C1. The molecule has 0 unspecified atom stereocenters. The summed E-state index contributed by atoms with van der Waals surface area (Å²) in [5.41, 5.74) is 4.52. The lowest BCUT2D eigenvalue weighted by Gasteiger charge is -2.46. The van der Waals surface area contributed by atoms with Crippen LogP contribution in [0.3, 0.4) is 0 Å². The summed E-state index contributed by atoms with van der Waals surface area (Å²) in [5.74, 6) is -0.213. The van der Waals surface area contributed by atoms with Gasteiger partial charge in [-0.15, -0.1) is 0 Å². The second-order valence-electron chi connectivity index (χ2n) is 8.86. The number of aromatic nitrogens is 1. The van der Waals surface area contributed by atoms with E-state index in [1.807, 2.05) is 11.8 Å². The number of halogens is 2. The van der Waals surface area contributed by atoms with Crippen molar-refractivity contribution in [3.63, 3.8) is 0 Å². The number of carbonyl (C=O) groups excluding carboxylic acids is 1. The van der Waals surface area contributed by atoms with E-state index in [0.29, 0.717) is 6.61 Å². The Bertz CT molecular complexity index is 1130. The quantitative estimate of drug-likeness (QED) is 0.615. The van der Waals surface area contributed by atoms with Crippen LogP contribution in [0.2, 0.25) is 0 Å². The molecule has 2 aromatic carbocycles. The number of carbonyl (C=O) groups is 1. The summed E-state index contributed by atoms with van der Waals surface area (Å²) in [6, 6.07) is 9.63. The highest BCUT2D eigenvalue weighted by Gasteiger charge is 2.43. The fourth-order valence-corrected chi connectivity index (χ4v) is 5.10. The van der Waals surface area contributed by atoms with Gasteiger partial charge in [0.2, 0.25) is 5.91 Å². The first kappa shape index (κ1) is 20.2. The molecule has 162 valence electrons. The molecule has 1 aromatic heterocycles. The molecule has 0 radical (unpaired) electrons. The van der Waals surface area contributed by atoms with E-state index in [1.54, 1.807) is 25.3 Å². The van der Waals surface area contributed by atoms with Crippen molar-refractivity contribution in [3.05, 3.63) is 59.2 Å². The van der Waals surface area contributed by atoms with Gasteiger partial charge in [0.1, 0.15) is 11.6 Å². The number of nitrogens with zero attached hydrogens (tertiary/aromatic N) is 1. The lowest BCUT2D eigenvalue weighted by atomic mass is 9.69. The molecule has 5 rings (SSSR count). The molecule has 31 heavy (non-hydrogen) atoms. The fraction of sp³-hybridized carbons (Fsp3) is 0.400. The molecule has 1 saturated carbocycles. The van der Waals surface area contributed by atoms with Crippen LogP contribution < -0.4 is 0 Å². The number of aryl methyl sites for hydroxylation is 1. The summed E-state index contributed by atoms with van der Waals surface area (Å²) in [5, 5.41) is 0.855. The third-order valence-electron chi connectivity index (χ3n) is 6.92. The van der Waals surface area contributed by atoms with Crippen LogP contribution in [-0.4, -0.2) is 42.1 Å². The standard InChI is InChI=1S/C25H26F2N2O2/c1-14-9-19(27)12-21-22(24(28-23(14)21)15-3-5-18(26)6-4-15)16-10-17(11-16)25(30)29-8-7-20(29)13-31-2/h3-6,9,12,16-17,20,28H,7-8,10-11,13H2,1-2H3/t16?,17?,20-/m0/s1. The first-order chi connectivity index (χ1) is 15.0.